The van der Waals surface area contributed by atoms with Gasteiger partial charge in [0.25, 0.3) is 0 Å². The molecule has 2 aromatic rings. The van der Waals surface area contributed by atoms with E-state index in [1.165, 1.54) is 6.08 Å². The lowest BCUT2D eigenvalue weighted by Gasteiger charge is -2.05. The maximum absolute atomic E-state index is 10.5. The highest BCUT2D eigenvalue weighted by atomic mass is 16.5. The number of hydrogen-bond acceptors (Lipinski definition) is 2. The topological polar surface area (TPSA) is 46.5 Å². The lowest BCUT2D eigenvalue weighted by atomic mass is 10.1. The monoisotopic (exact) mass is 296 g/mol. The van der Waals surface area contributed by atoms with E-state index in [-0.39, 0.29) is 0 Å². The number of benzene rings is 2. The molecule has 1 N–H and O–H groups in total. The Hall–Kier alpha value is -2.81. The molecule has 0 heterocycles. The summed E-state index contributed by atoms with van der Waals surface area (Å²) in [5.74, 6) is -0.00880. The maximum atomic E-state index is 10.5. The summed E-state index contributed by atoms with van der Waals surface area (Å²) in [5.41, 5.74) is 2.00. The van der Waals surface area contributed by atoms with Crippen molar-refractivity contribution < 1.29 is 14.6 Å². The van der Waals surface area contributed by atoms with E-state index in [0.29, 0.717) is 17.7 Å². The van der Waals surface area contributed by atoms with Gasteiger partial charge in [0.2, 0.25) is 0 Å². The van der Waals surface area contributed by atoms with E-state index in [1.54, 1.807) is 30.3 Å². The van der Waals surface area contributed by atoms with Crippen molar-refractivity contribution in [2.45, 2.75) is 6.92 Å². The molecule has 0 amide bonds. The summed E-state index contributed by atoms with van der Waals surface area (Å²) in [4.78, 5) is 10.5. The van der Waals surface area contributed by atoms with Gasteiger partial charge < -0.3 is 9.84 Å². The first kappa shape index (κ1) is 17.2. The van der Waals surface area contributed by atoms with Crippen molar-refractivity contribution >= 4 is 18.1 Å². The van der Waals surface area contributed by atoms with Crippen LogP contribution in [0.4, 0.5) is 0 Å². The molecule has 22 heavy (non-hydrogen) atoms. The van der Waals surface area contributed by atoms with Gasteiger partial charge in [0.15, 0.2) is 0 Å². The number of carboxylic acids is 1. The molecule has 0 aliphatic carbocycles. The van der Waals surface area contributed by atoms with Crippen LogP contribution in [0.3, 0.4) is 0 Å². The molecule has 0 aliphatic heterocycles. The van der Waals surface area contributed by atoms with Crippen LogP contribution in [0, 0.1) is 0 Å². The van der Waals surface area contributed by atoms with Gasteiger partial charge in [-0.2, -0.15) is 0 Å². The van der Waals surface area contributed by atoms with Gasteiger partial charge in [-0.1, -0.05) is 61.7 Å². The van der Waals surface area contributed by atoms with Gasteiger partial charge in [-0.15, -0.1) is 0 Å². The molecule has 3 nitrogen and oxygen atoms in total. The molecule has 0 bridgehead atoms. The molecule has 3 heteroatoms. The summed E-state index contributed by atoms with van der Waals surface area (Å²) in [6, 6.07) is 14.6. The minimum atomic E-state index is -0.916. The van der Waals surface area contributed by atoms with Crippen LogP contribution >= 0.6 is 0 Å². The van der Waals surface area contributed by atoms with Crippen molar-refractivity contribution in [3.05, 3.63) is 78.4 Å². The molecule has 114 valence electrons. The second-order valence-electron chi connectivity index (χ2n) is 4.27. The summed E-state index contributed by atoms with van der Waals surface area (Å²) < 4.78 is 5.36. The van der Waals surface area contributed by atoms with Crippen molar-refractivity contribution in [1.82, 2.24) is 0 Å². The fourth-order valence-electron chi connectivity index (χ4n) is 1.81. The van der Waals surface area contributed by atoms with Crippen molar-refractivity contribution in [3.63, 3.8) is 0 Å². The largest absolute Gasteiger partial charge is 0.493 e. The highest BCUT2D eigenvalue weighted by Gasteiger charge is 2.04. The van der Waals surface area contributed by atoms with Gasteiger partial charge in [-0.05, 0) is 24.6 Å². The lowest BCUT2D eigenvalue weighted by Crippen LogP contribution is -1.98. The molecule has 0 spiro atoms. The number of aromatic carboxylic acids is 1. The van der Waals surface area contributed by atoms with E-state index in [4.69, 9.17) is 9.84 Å². The number of rotatable bonds is 5. The predicted molar refractivity (Wildman–Crippen MR) is 91.2 cm³/mol. The van der Waals surface area contributed by atoms with Crippen LogP contribution in [0.1, 0.15) is 28.4 Å². The number of ether oxygens (including phenoxy) is 1. The number of para-hydroxylation sites is 1. The highest BCUT2D eigenvalue weighted by molar-refractivity contribution is 5.91. The van der Waals surface area contributed by atoms with Crippen LogP contribution in [-0.4, -0.2) is 17.7 Å². The summed E-state index contributed by atoms with van der Waals surface area (Å²) in [6.45, 7) is 9.88. The first-order valence-electron chi connectivity index (χ1n) is 6.93. The minimum absolute atomic E-state index is 0.294. The zero-order valence-corrected chi connectivity index (χ0v) is 12.7. The van der Waals surface area contributed by atoms with Gasteiger partial charge in [0.1, 0.15) is 5.75 Å². The van der Waals surface area contributed by atoms with E-state index < -0.39 is 5.97 Å². The van der Waals surface area contributed by atoms with E-state index >= 15 is 0 Å². The molecular weight excluding hydrogens is 276 g/mol. The minimum Gasteiger partial charge on any atom is -0.493 e. The van der Waals surface area contributed by atoms with Crippen LogP contribution in [0.2, 0.25) is 0 Å². The third-order valence-electron chi connectivity index (χ3n) is 2.85. The van der Waals surface area contributed by atoms with Gasteiger partial charge in [-0.25, -0.2) is 4.79 Å². The van der Waals surface area contributed by atoms with Crippen LogP contribution in [0.15, 0.2) is 61.7 Å². The van der Waals surface area contributed by atoms with Gasteiger partial charge in [0, 0.05) is 5.56 Å². The Bertz CT molecular complexity index is 645. The Morgan fingerprint density at radius 3 is 2.09 bits per heavy atom. The molecule has 0 aromatic heterocycles. The summed E-state index contributed by atoms with van der Waals surface area (Å²) in [7, 11) is 0. The van der Waals surface area contributed by atoms with Crippen LogP contribution < -0.4 is 4.74 Å². The molecule has 0 aliphatic rings. The fourth-order valence-corrected chi connectivity index (χ4v) is 1.81. The third kappa shape index (κ3) is 4.94. The fraction of sp³-hybridized carbons (Fsp3) is 0.105. The highest BCUT2D eigenvalue weighted by Crippen LogP contribution is 2.18. The lowest BCUT2D eigenvalue weighted by molar-refractivity contribution is 0.0696. The number of carboxylic acid groups (broad SMARTS) is 1. The van der Waals surface area contributed by atoms with Gasteiger partial charge in [0.05, 0.1) is 12.2 Å². The zero-order chi connectivity index (χ0) is 16.4. The number of hydrogen-bond donors (Lipinski definition) is 1. The Labute approximate surface area is 131 Å². The Kier molecular flexibility index (Phi) is 7.20. The molecule has 0 atom stereocenters. The molecule has 0 saturated carbocycles. The first-order chi connectivity index (χ1) is 10.6. The molecule has 0 radical (unpaired) electrons. The second kappa shape index (κ2) is 9.19. The van der Waals surface area contributed by atoms with Crippen LogP contribution in [0.25, 0.3) is 12.2 Å². The van der Waals surface area contributed by atoms with Crippen molar-refractivity contribution in [3.8, 4) is 5.75 Å². The zero-order valence-electron chi connectivity index (χ0n) is 12.7. The normalized spacial score (nSPS) is 9.14. The molecule has 0 saturated heterocycles. The van der Waals surface area contributed by atoms with E-state index in [0.717, 1.165) is 11.3 Å². The average Bonchev–Trinajstić information content (AvgIpc) is 2.56. The molecule has 2 aromatic carbocycles. The summed E-state index contributed by atoms with van der Waals surface area (Å²) in [5, 5.41) is 8.65. The standard InChI is InChI=1S/C10H12O.C9H8O2/c1-3-9-7-5-6-8-10(9)11-4-2;1-2-7-5-3-4-6-8(7)9(10)11/h3,5-8H,1,4H2,2H3;2-6H,1H2,(H,10,11). The van der Waals surface area contributed by atoms with Crippen LogP contribution in [-0.2, 0) is 0 Å². The van der Waals surface area contributed by atoms with Crippen LogP contribution in [0.5, 0.6) is 5.75 Å². The second-order valence-corrected chi connectivity index (χ2v) is 4.27. The van der Waals surface area contributed by atoms with E-state index in [9.17, 15) is 4.79 Å². The van der Waals surface area contributed by atoms with Gasteiger partial charge >= 0.3 is 5.97 Å². The SMILES string of the molecule is C=Cc1ccccc1C(=O)O.C=Cc1ccccc1OCC. The van der Waals surface area contributed by atoms with Crippen molar-refractivity contribution in [2.24, 2.45) is 0 Å². The quantitative estimate of drug-likeness (QED) is 0.865. The number of carbonyl (C=O) groups is 1. The maximum Gasteiger partial charge on any atom is 0.336 e. The summed E-state index contributed by atoms with van der Waals surface area (Å²) >= 11 is 0. The molecule has 0 fully saturated rings. The van der Waals surface area contributed by atoms with E-state index in [2.05, 4.69) is 13.2 Å². The van der Waals surface area contributed by atoms with E-state index in [1.807, 2.05) is 31.2 Å². The van der Waals surface area contributed by atoms with Crippen molar-refractivity contribution in [2.75, 3.05) is 6.61 Å². The molecule has 0 unspecified atom stereocenters. The Morgan fingerprint density at radius 1 is 1.05 bits per heavy atom. The smallest absolute Gasteiger partial charge is 0.336 e. The summed E-state index contributed by atoms with van der Waals surface area (Å²) in [6.07, 6.45) is 3.33. The Morgan fingerprint density at radius 2 is 1.59 bits per heavy atom. The molecular formula is C19H20O3. The average molecular weight is 296 g/mol. The predicted octanol–water partition coefficient (Wildman–Crippen LogP) is 4.76. The molecule has 2 rings (SSSR count). The third-order valence-corrected chi connectivity index (χ3v) is 2.85. The van der Waals surface area contributed by atoms with Crippen molar-refractivity contribution in [1.29, 1.82) is 0 Å². The van der Waals surface area contributed by atoms with Gasteiger partial charge in [-0.3, -0.25) is 0 Å². The first-order valence-corrected chi connectivity index (χ1v) is 6.93. The Balaban J connectivity index is 0.000000220.